The van der Waals surface area contributed by atoms with E-state index in [2.05, 4.69) is 0 Å². The summed E-state index contributed by atoms with van der Waals surface area (Å²) in [7, 11) is 0. The Morgan fingerprint density at radius 1 is 1.26 bits per heavy atom. The summed E-state index contributed by atoms with van der Waals surface area (Å²) in [6.07, 6.45) is 1.92. The van der Waals surface area contributed by atoms with E-state index in [1.165, 1.54) is 6.08 Å². The van der Waals surface area contributed by atoms with E-state index in [9.17, 15) is 14.7 Å². The summed E-state index contributed by atoms with van der Waals surface area (Å²) >= 11 is 0. The quantitative estimate of drug-likeness (QED) is 0.735. The maximum Gasteiger partial charge on any atom is 0.327 e. The highest BCUT2D eigenvalue weighted by molar-refractivity contribution is 5.83. The molecule has 2 unspecified atom stereocenters. The first-order valence-corrected chi connectivity index (χ1v) is 6.15. The molecule has 1 rings (SSSR count). The third kappa shape index (κ3) is 5.48. The van der Waals surface area contributed by atoms with Gasteiger partial charge in [-0.1, -0.05) is 43.3 Å². The number of carboxylic acid groups (broad SMARTS) is 1. The van der Waals surface area contributed by atoms with Crippen molar-refractivity contribution in [3.63, 3.8) is 0 Å². The maximum atomic E-state index is 12.0. The first-order valence-electron chi connectivity index (χ1n) is 6.15. The molecule has 19 heavy (non-hydrogen) atoms. The highest BCUT2D eigenvalue weighted by Gasteiger charge is 2.20. The van der Waals surface area contributed by atoms with Crippen LogP contribution in [0.15, 0.2) is 42.5 Å². The Labute approximate surface area is 112 Å². The monoisotopic (exact) mass is 262 g/mol. The maximum absolute atomic E-state index is 12.0. The predicted molar refractivity (Wildman–Crippen MR) is 71.7 cm³/mol. The van der Waals surface area contributed by atoms with Gasteiger partial charge in [0.15, 0.2) is 0 Å². The zero-order valence-electron chi connectivity index (χ0n) is 10.8. The van der Waals surface area contributed by atoms with Crippen LogP contribution in [0.3, 0.4) is 0 Å². The number of carbonyl (C=O) groups excluding carboxylic acids is 1. The van der Waals surface area contributed by atoms with Crippen LogP contribution in [-0.2, 0) is 16.0 Å². The lowest BCUT2D eigenvalue weighted by atomic mass is 9.93. The number of aliphatic hydroxyl groups is 1. The molecule has 0 aromatic heterocycles. The van der Waals surface area contributed by atoms with Gasteiger partial charge in [0.25, 0.3) is 0 Å². The Balaban J connectivity index is 2.50. The fourth-order valence-electron chi connectivity index (χ4n) is 1.69. The molecule has 0 aliphatic carbocycles. The van der Waals surface area contributed by atoms with Crippen LogP contribution in [0.1, 0.15) is 18.9 Å². The van der Waals surface area contributed by atoms with E-state index in [0.717, 1.165) is 11.6 Å². The molecule has 0 amide bonds. The van der Waals surface area contributed by atoms with Gasteiger partial charge in [-0.05, 0) is 12.0 Å². The Bertz CT molecular complexity index is 450. The molecule has 0 aliphatic rings. The molecular weight excluding hydrogens is 244 g/mol. The third-order valence-electron chi connectivity index (χ3n) is 2.94. The van der Waals surface area contributed by atoms with Crippen molar-refractivity contribution in [3.8, 4) is 0 Å². The average molecular weight is 262 g/mol. The lowest BCUT2D eigenvalue weighted by Gasteiger charge is -2.16. The molecule has 0 spiro atoms. The van der Waals surface area contributed by atoms with Gasteiger partial charge < -0.3 is 10.2 Å². The van der Waals surface area contributed by atoms with Gasteiger partial charge in [-0.15, -0.1) is 0 Å². The van der Waals surface area contributed by atoms with Crippen LogP contribution < -0.4 is 0 Å². The van der Waals surface area contributed by atoms with E-state index in [1.54, 1.807) is 6.92 Å². The lowest BCUT2D eigenvalue weighted by Crippen LogP contribution is -2.26. The minimum Gasteiger partial charge on any atom is -0.478 e. The molecule has 0 radical (unpaired) electrons. The number of carbonyl (C=O) groups is 2. The smallest absolute Gasteiger partial charge is 0.327 e. The van der Waals surface area contributed by atoms with Gasteiger partial charge in [-0.2, -0.15) is 0 Å². The molecule has 102 valence electrons. The van der Waals surface area contributed by atoms with E-state index in [0.29, 0.717) is 0 Å². The Hall–Kier alpha value is -1.94. The normalized spacial score (nSPS) is 14.2. The second kappa shape index (κ2) is 7.48. The van der Waals surface area contributed by atoms with E-state index in [4.69, 9.17) is 5.11 Å². The number of benzene rings is 1. The van der Waals surface area contributed by atoms with Crippen LogP contribution in [0.2, 0.25) is 0 Å². The van der Waals surface area contributed by atoms with Crippen molar-refractivity contribution in [1.29, 1.82) is 0 Å². The number of hydrogen-bond donors (Lipinski definition) is 2. The summed E-state index contributed by atoms with van der Waals surface area (Å²) in [5.41, 5.74) is 0.910. The Morgan fingerprint density at radius 3 is 2.47 bits per heavy atom. The minimum absolute atomic E-state index is 0.0533. The molecule has 1 aromatic rings. The fraction of sp³-hybridized carbons (Fsp3) is 0.333. The second-order valence-corrected chi connectivity index (χ2v) is 4.46. The Kier molecular flexibility index (Phi) is 5.96. The molecule has 2 atom stereocenters. The lowest BCUT2D eigenvalue weighted by molar-refractivity contribution is -0.131. The van der Waals surface area contributed by atoms with Gasteiger partial charge in [0, 0.05) is 18.4 Å². The van der Waals surface area contributed by atoms with E-state index in [1.807, 2.05) is 30.3 Å². The Morgan fingerprint density at radius 2 is 1.89 bits per heavy atom. The highest BCUT2D eigenvalue weighted by atomic mass is 16.4. The summed E-state index contributed by atoms with van der Waals surface area (Å²) in [4.78, 5) is 22.2. The second-order valence-electron chi connectivity index (χ2n) is 4.46. The zero-order chi connectivity index (χ0) is 14.3. The van der Waals surface area contributed by atoms with E-state index < -0.39 is 18.0 Å². The van der Waals surface area contributed by atoms with Gasteiger partial charge >= 0.3 is 5.97 Å². The molecule has 0 saturated carbocycles. The standard InChI is InChI=1S/C15H18O4/c1-11(13(16)8-5-9-15(18)19)14(17)10-12-6-3-2-4-7-12/h2-7,9,11,13,16H,8,10H2,1H3,(H,18,19)/b9-5+. The number of hydrogen-bond acceptors (Lipinski definition) is 3. The fourth-order valence-corrected chi connectivity index (χ4v) is 1.69. The van der Waals surface area contributed by atoms with Crippen LogP contribution >= 0.6 is 0 Å². The van der Waals surface area contributed by atoms with Crippen molar-refractivity contribution in [2.75, 3.05) is 0 Å². The van der Waals surface area contributed by atoms with Crippen LogP contribution in [-0.4, -0.2) is 28.1 Å². The summed E-state index contributed by atoms with van der Waals surface area (Å²) in [6, 6.07) is 9.32. The molecule has 0 fully saturated rings. The van der Waals surface area contributed by atoms with Crippen molar-refractivity contribution in [1.82, 2.24) is 0 Å². The van der Waals surface area contributed by atoms with Gasteiger partial charge in [0.05, 0.1) is 6.10 Å². The average Bonchev–Trinajstić information content (AvgIpc) is 2.38. The van der Waals surface area contributed by atoms with Crippen LogP contribution in [0, 0.1) is 5.92 Å². The van der Waals surface area contributed by atoms with Crippen LogP contribution in [0.5, 0.6) is 0 Å². The molecule has 0 saturated heterocycles. The van der Waals surface area contributed by atoms with E-state index in [-0.39, 0.29) is 18.6 Å². The van der Waals surface area contributed by atoms with Crippen molar-refractivity contribution in [3.05, 3.63) is 48.0 Å². The third-order valence-corrected chi connectivity index (χ3v) is 2.94. The molecule has 1 aromatic carbocycles. The number of Topliss-reactive ketones (excluding diaryl/α,β-unsaturated/α-hetero) is 1. The van der Waals surface area contributed by atoms with Gasteiger partial charge in [-0.3, -0.25) is 4.79 Å². The summed E-state index contributed by atoms with van der Waals surface area (Å²) in [5, 5.41) is 18.2. The largest absolute Gasteiger partial charge is 0.478 e. The molecular formula is C15H18O4. The SMILES string of the molecule is CC(C(=O)Cc1ccccc1)C(O)C/C=C/C(=O)O. The summed E-state index contributed by atoms with van der Waals surface area (Å²) < 4.78 is 0. The summed E-state index contributed by atoms with van der Waals surface area (Å²) in [6.45, 7) is 1.66. The highest BCUT2D eigenvalue weighted by Crippen LogP contribution is 2.12. The van der Waals surface area contributed by atoms with Gasteiger partial charge in [0.1, 0.15) is 5.78 Å². The first kappa shape index (κ1) is 15.1. The molecule has 0 aliphatic heterocycles. The molecule has 0 bridgehead atoms. The zero-order valence-corrected chi connectivity index (χ0v) is 10.8. The number of ketones is 1. The number of aliphatic hydroxyl groups excluding tert-OH is 1. The summed E-state index contributed by atoms with van der Waals surface area (Å²) in [5.74, 6) is -1.63. The topological polar surface area (TPSA) is 74.6 Å². The van der Waals surface area contributed by atoms with Crippen LogP contribution in [0.25, 0.3) is 0 Å². The molecule has 4 nitrogen and oxygen atoms in total. The van der Waals surface area contributed by atoms with Crippen molar-refractivity contribution in [2.24, 2.45) is 5.92 Å². The molecule has 2 N–H and O–H groups in total. The van der Waals surface area contributed by atoms with Crippen molar-refractivity contribution in [2.45, 2.75) is 25.9 Å². The van der Waals surface area contributed by atoms with Crippen molar-refractivity contribution >= 4 is 11.8 Å². The number of rotatable bonds is 7. The number of carboxylic acids is 1. The molecule has 0 heterocycles. The minimum atomic E-state index is -1.06. The van der Waals surface area contributed by atoms with Crippen molar-refractivity contribution < 1.29 is 19.8 Å². The number of aliphatic carboxylic acids is 1. The van der Waals surface area contributed by atoms with E-state index >= 15 is 0 Å². The van der Waals surface area contributed by atoms with Crippen LogP contribution in [0.4, 0.5) is 0 Å². The van der Waals surface area contributed by atoms with Gasteiger partial charge in [0.2, 0.25) is 0 Å². The first-order chi connectivity index (χ1) is 9.00. The molecule has 4 heteroatoms. The predicted octanol–water partition coefficient (Wildman–Crippen LogP) is 1.83. The van der Waals surface area contributed by atoms with Gasteiger partial charge in [-0.25, -0.2) is 4.79 Å².